The van der Waals surface area contributed by atoms with Crippen LogP contribution in [0.4, 0.5) is 0 Å². The standard InChI is InChI=1S/C16H16N2O2/c1-2-14(19)16-17-15(20-18-16)10-12-8-5-7-11-6-3-4-9-13(11)12/h3-9,14,19H,2,10H2,1H3. The molecule has 1 aromatic heterocycles. The van der Waals surface area contributed by atoms with E-state index >= 15 is 0 Å². The van der Waals surface area contributed by atoms with Gasteiger partial charge in [0, 0.05) is 0 Å². The molecule has 0 aliphatic heterocycles. The van der Waals surface area contributed by atoms with E-state index < -0.39 is 6.10 Å². The Balaban J connectivity index is 1.91. The Morgan fingerprint density at radius 3 is 2.80 bits per heavy atom. The third-order valence-electron chi connectivity index (χ3n) is 3.39. The zero-order valence-corrected chi connectivity index (χ0v) is 11.3. The second kappa shape index (κ2) is 5.43. The molecule has 1 unspecified atom stereocenters. The van der Waals surface area contributed by atoms with E-state index in [0.717, 1.165) is 5.56 Å². The number of aliphatic hydroxyl groups is 1. The van der Waals surface area contributed by atoms with Crippen molar-refractivity contribution in [2.24, 2.45) is 0 Å². The topological polar surface area (TPSA) is 59.2 Å². The van der Waals surface area contributed by atoms with E-state index in [4.69, 9.17) is 4.52 Å². The quantitative estimate of drug-likeness (QED) is 0.789. The van der Waals surface area contributed by atoms with E-state index in [9.17, 15) is 5.11 Å². The third kappa shape index (κ3) is 2.42. The Labute approximate surface area is 117 Å². The van der Waals surface area contributed by atoms with E-state index in [2.05, 4.69) is 34.4 Å². The van der Waals surface area contributed by atoms with Gasteiger partial charge in [0.05, 0.1) is 6.42 Å². The Morgan fingerprint density at radius 1 is 1.15 bits per heavy atom. The highest BCUT2D eigenvalue weighted by molar-refractivity contribution is 5.85. The minimum absolute atomic E-state index is 0.364. The summed E-state index contributed by atoms with van der Waals surface area (Å²) in [5.74, 6) is 0.895. The normalized spacial score (nSPS) is 12.7. The van der Waals surface area contributed by atoms with E-state index in [0.29, 0.717) is 24.6 Å². The summed E-state index contributed by atoms with van der Waals surface area (Å²) in [6.07, 6.45) is 0.498. The minimum atomic E-state index is -0.653. The van der Waals surface area contributed by atoms with Gasteiger partial charge in [-0.05, 0) is 22.8 Å². The van der Waals surface area contributed by atoms with E-state index in [1.807, 2.05) is 25.1 Å². The minimum Gasteiger partial charge on any atom is -0.385 e. The van der Waals surface area contributed by atoms with Crippen LogP contribution >= 0.6 is 0 Å². The number of hydrogen-bond donors (Lipinski definition) is 1. The maximum absolute atomic E-state index is 9.70. The molecular formula is C16H16N2O2. The summed E-state index contributed by atoms with van der Waals surface area (Å²) in [5, 5.41) is 15.9. The molecular weight excluding hydrogens is 252 g/mol. The molecule has 1 atom stereocenters. The molecule has 4 heteroatoms. The number of rotatable bonds is 4. The zero-order valence-electron chi connectivity index (χ0n) is 11.3. The summed E-state index contributed by atoms with van der Waals surface area (Å²) in [4.78, 5) is 4.26. The molecule has 1 N–H and O–H groups in total. The summed E-state index contributed by atoms with van der Waals surface area (Å²) in [5.41, 5.74) is 1.14. The van der Waals surface area contributed by atoms with Crippen molar-refractivity contribution in [1.29, 1.82) is 0 Å². The Kier molecular flexibility index (Phi) is 3.48. The van der Waals surface area contributed by atoms with Crippen LogP contribution in [0.1, 0.15) is 36.7 Å². The van der Waals surface area contributed by atoms with Crippen molar-refractivity contribution in [3.05, 3.63) is 59.7 Å². The van der Waals surface area contributed by atoms with Gasteiger partial charge in [-0.2, -0.15) is 4.98 Å². The van der Waals surface area contributed by atoms with Gasteiger partial charge in [0.1, 0.15) is 6.10 Å². The summed E-state index contributed by atoms with van der Waals surface area (Å²) in [6.45, 7) is 1.88. The molecule has 0 saturated carbocycles. The van der Waals surface area contributed by atoms with Gasteiger partial charge in [-0.1, -0.05) is 54.5 Å². The second-order valence-electron chi connectivity index (χ2n) is 4.79. The number of hydrogen-bond acceptors (Lipinski definition) is 4. The van der Waals surface area contributed by atoms with Gasteiger partial charge in [0.15, 0.2) is 5.82 Å². The van der Waals surface area contributed by atoms with Crippen molar-refractivity contribution in [1.82, 2.24) is 10.1 Å². The smallest absolute Gasteiger partial charge is 0.231 e. The van der Waals surface area contributed by atoms with E-state index in [-0.39, 0.29) is 0 Å². The predicted molar refractivity (Wildman–Crippen MR) is 76.3 cm³/mol. The predicted octanol–water partition coefficient (Wildman–Crippen LogP) is 3.26. The lowest BCUT2D eigenvalue weighted by atomic mass is 10.0. The highest BCUT2D eigenvalue weighted by atomic mass is 16.5. The van der Waals surface area contributed by atoms with Crippen LogP contribution < -0.4 is 0 Å². The second-order valence-corrected chi connectivity index (χ2v) is 4.79. The van der Waals surface area contributed by atoms with Gasteiger partial charge in [-0.25, -0.2) is 0 Å². The summed E-state index contributed by atoms with van der Waals surface area (Å²) in [7, 11) is 0. The fourth-order valence-corrected chi connectivity index (χ4v) is 2.27. The van der Waals surface area contributed by atoms with Crippen molar-refractivity contribution in [2.45, 2.75) is 25.9 Å². The molecule has 0 saturated heterocycles. The summed E-state index contributed by atoms with van der Waals surface area (Å²) < 4.78 is 5.22. The Bertz CT molecular complexity index is 716. The Morgan fingerprint density at radius 2 is 1.95 bits per heavy atom. The first-order valence-corrected chi connectivity index (χ1v) is 6.75. The van der Waals surface area contributed by atoms with Gasteiger partial charge >= 0.3 is 0 Å². The molecule has 0 bridgehead atoms. The lowest BCUT2D eigenvalue weighted by molar-refractivity contribution is 0.159. The highest BCUT2D eigenvalue weighted by Gasteiger charge is 2.14. The molecule has 20 heavy (non-hydrogen) atoms. The van der Waals surface area contributed by atoms with Gasteiger partial charge in [0.2, 0.25) is 5.89 Å². The fourth-order valence-electron chi connectivity index (χ4n) is 2.27. The van der Waals surface area contributed by atoms with Gasteiger partial charge < -0.3 is 9.63 Å². The number of aromatic nitrogens is 2. The fraction of sp³-hybridized carbons (Fsp3) is 0.250. The molecule has 0 amide bonds. The largest absolute Gasteiger partial charge is 0.385 e. The average molecular weight is 268 g/mol. The number of nitrogens with zero attached hydrogens (tertiary/aromatic N) is 2. The number of aliphatic hydroxyl groups excluding tert-OH is 1. The molecule has 4 nitrogen and oxygen atoms in total. The van der Waals surface area contributed by atoms with Crippen LogP contribution in [0.5, 0.6) is 0 Å². The average Bonchev–Trinajstić information content (AvgIpc) is 2.95. The van der Waals surface area contributed by atoms with Crippen molar-refractivity contribution in [3.8, 4) is 0 Å². The number of fused-ring (bicyclic) bond motifs is 1. The molecule has 3 rings (SSSR count). The van der Waals surface area contributed by atoms with Crippen LogP contribution in [0.25, 0.3) is 10.8 Å². The third-order valence-corrected chi connectivity index (χ3v) is 3.39. The van der Waals surface area contributed by atoms with Crippen LogP contribution in [0.3, 0.4) is 0 Å². The van der Waals surface area contributed by atoms with Crippen LogP contribution in [0.15, 0.2) is 47.0 Å². The van der Waals surface area contributed by atoms with E-state index in [1.54, 1.807) is 0 Å². The van der Waals surface area contributed by atoms with Crippen LogP contribution in [0.2, 0.25) is 0 Å². The molecule has 2 aromatic carbocycles. The van der Waals surface area contributed by atoms with Crippen molar-refractivity contribution in [2.75, 3.05) is 0 Å². The van der Waals surface area contributed by atoms with Crippen LogP contribution in [0, 0.1) is 0 Å². The first kappa shape index (κ1) is 12.8. The SMILES string of the molecule is CCC(O)c1noc(Cc2cccc3ccccc23)n1. The lowest BCUT2D eigenvalue weighted by Crippen LogP contribution is -1.98. The lowest BCUT2D eigenvalue weighted by Gasteiger charge is -2.03. The molecule has 0 aliphatic rings. The van der Waals surface area contributed by atoms with Crippen molar-refractivity contribution in [3.63, 3.8) is 0 Å². The molecule has 0 aliphatic carbocycles. The van der Waals surface area contributed by atoms with E-state index in [1.165, 1.54) is 10.8 Å². The van der Waals surface area contributed by atoms with Crippen molar-refractivity contribution < 1.29 is 9.63 Å². The molecule has 0 fully saturated rings. The maximum Gasteiger partial charge on any atom is 0.231 e. The molecule has 1 heterocycles. The van der Waals surface area contributed by atoms with Gasteiger partial charge in [0.25, 0.3) is 0 Å². The van der Waals surface area contributed by atoms with Crippen LogP contribution in [-0.2, 0) is 6.42 Å². The Hall–Kier alpha value is -2.20. The van der Waals surface area contributed by atoms with Crippen molar-refractivity contribution >= 4 is 10.8 Å². The first-order valence-electron chi connectivity index (χ1n) is 6.75. The zero-order chi connectivity index (χ0) is 13.9. The van der Waals surface area contributed by atoms with Crippen LogP contribution in [-0.4, -0.2) is 15.2 Å². The van der Waals surface area contributed by atoms with Gasteiger partial charge in [-0.3, -0.25) is 0 Å². The first-order chi connectivity index (χ1) is 9.78. The summed E-state index contributed by atoms with van der Waals surface area (Å²) >= 11 is 0. The number of benzene rings is 2. The monoisotopic (exact) mass is 268 g/mol. The highest BCUT2D eigenvalue weighted by Crippen LogP contribution is 2.21. The molecule has 0 spiro atoms. The maximum atomic E-state index is 9.70. The molecule has 3 aromatic rings. The molecule has 0 radical (unpaired) electrons. The summed E-state index contributed by atoms with van der Waals surface area (Å²) in [6, 6.07) is 14.4. The van der Waals surface area contributed by atoms with Gasteiger partial charge in [-0.15, -0.1) is 0 Å². The molecule has 102 valence electrons.